The third kappa shape index (κ3) is 11.1. The lowest BCUT2D eigenvalue weighted by atomic mass is 10.2. The van der Waals surface area contributed by atoms with Crippen molar-refractivity contribution in [2.24, 2.45) is 15.0 Å². The van der Waals surface area contributed by atoms with Gasteiger partial charge in [0.1, 0.15) is 11.8 Å². The summed E-state index contributed by atoms with van der Waals surface area (Å²) in [4.78, 5) is 22.3. The van der Waals surface area contributed by atoms with Crippen LogP contribution in [-0.4, -0.2) is 80.9 Å². The van der Waals surface area contributed by atoms with Crippen LogP contribution in [0.15, 0.2) is 15.0 Å². The molecule has 0 spiro atoms. The Morgan fingerprint density at radius 1 is 1.17 bits per heavy atom. The Hall–Kier alpha value is -2.54. The fourth-order valence-electron chi connectivity index (χ4n) is 1.79. The molecule has 0 fully saturated rings. The van der Waals surface area contributed by atoms with Gasteiger partial charge in [0.15, 0.2) is 6.61 Å². The second-order valence-corrected chi connectivity index (χ2v) is 6.50. The van der Waals surface area contributed by atoms with Crippen LogP contribution in [0.2, 0.25) is 0 Å². The van der Waals surface area contributed by atoms with E-state index in [1.807, 2.05) is 0 Å². The van der Waals surface area contributed by atoms with E-state index in [0.29, 0.717) is 4.90 Å². The number of hydrogen-bond acceptors (Lipinski definition) is 5. The van der Waals surface area contributed by atoms with Crippen molar-refractivity contribution in [3.05, 3.63) is 0 Å². The van der Waals surface area contributed by atoms with Gasteiger partial charge in [-0.3, -0.25) is 10.3 Å². The molecule has 1 N–H and O–H groups in total. The molecular weight excluding hydrogens is 412 g/mol. The first-order chi connectivity index (χ1) is 13.0. The molecule has 0 radical (unpaired) electrons. The molecule has 1 amide bonds. The van der Waals surface area contributed by atoms with E-state index in [1.165, 1.54) is 20.8 Å². The first-order valence-corrected chi connectivity index (χ1v) is 7.97. The number of rotatable bonds is 5. The lowest BCUT2D eigenvalue weighted by molar-refractivity contribution is -0.156. The number of nitrogens with one attached hydrogen (secondary N) is 1. The predicted molar refractivity (Wildman–Crippen MR) is 94.2 cm³/mol. The van der Waals surface area contributed by atoms with Crippen LogP contribution in [0.1, 0.15) is 20.8 Å². The Kier molecular flexibility index (Phi) is 9.40. The van der Waals surface area contributed by atoms with Gasteiger partial charge >= 0.3 is 24.5 Å². The third-order valence-electron chi connectivity index (χ3n) is 2.85. The van der Waals surface area contributed by atoms with Gasteiger partial charge in [0, 0.05) is 14.1 Å². The van der Waals surface area contributed by atoms with Crippen LogP contribution in [0.3, 0.4) is 0 Å². The lowest BCUT2D eigenvalue weighted by Crippen LogP contribution is -2.55. The Labute approximate surface area is 163 Å². The normalized spacial score (nSPS) is 14.9. The molecule has 29 heavy (non-hydrogen) atoms. The van der Waals surface area contributed by atoms with Crippen LogP contribution in [-0.2, 0) is 9.47 Å². The van der Waals surface area contributed by atoms with Crippen LogP contribution >= 0.6 is 0 Å². The smallest absolute Gasteiger partial charge is 0.449 e. The highest BCUT2D eigenvalue weighted by Crippen LogP contribution is 2.20. The first kappa shape index (κ1) is 26.5. The van der Waals surface area contributed by atoms with Gasteiger partial charge in [-0.15, -0.1) is 0 Å². The lowest BCUT2D eigenvalue weighted by Gasteiger charge is -2.31. The molecule has 168 valence electrons. The molecule has 0 aliphatic carbocycles. The molecule has 0 rings (SSSR count). The van der Waals surface area contributed by atoms with E-state index in [0.717, 1.165) is 14.1 Å². The van der Waals surface area contributed by atoms with Gasteiger partial charge in [0.05, 0.1) is 6.54 Å². The average Bonchev–Trinajstić information content (AvgIpc) is 2.50. The molecule has 8 nitrogen and oxygen atoms in total. The highest BCUT2D eigenvalue weighted by atomic mass is 19.4. The SMILES string of the molecule is C=NC(=NCC(NC(=O)OC(C)(C)C)N(C)C(=NC)C(F)(F)F)OCC(F)(F)F. The Balaban J connectivity index is 5.59. The summed E-state index contributed by atoms with van der Waals surface area (Å²) in [6.07, 6.45) is -12.1. The number of amidine groups is 2. The summed E-state index contributed by atoms with van der Waals surface area (Å²) in [6, 6.07) is -0.811. The second-order valence-electron chi connectivity index (χ2n) is 6.50. The number of ether oxygens (including phenoxy) is 2. The Morgan fingerprint density at radius 3 is 2.10 bits per heavy atom. The van der Waals surface area contributed by atoms with Crippen LogP contribution in [0, 0.1) is 0 Å². The molecule has 0 aromatic rings. The van der Waals surface area contributed by atoms with Crippen LogP contribution in [0.5, 0.6) is 0 Å². The maximum absolute atomic E-state index is 13.1. The molecule has 0 heterocycles. The number of halogens is 6. The summed E-state index contributed by atoms with van der Waals surface area (Å²) in [5.74, 6) is -1.36. The predicted octanol–water partition coefficient (Wildman–Crippen LogP) is 3.00. The van der Waals surface area contributed by atoms with Crippen molar-refractivity contribution in [1.29, 1.82) is 0 Å². The summed E-state index contributed by atoms with van der Waals surface area (Å²) < 4.78 is 85.3. The fourth-order valence-corrected chi connectivity index (χ4v) is 1.79. The Morgan fingerprint density at radius 2 is 1.72 bits per heavy atom. The van der Waals surface area contributed by atoms with Crippen molar-refractivity contribution in [2.75, 3.05) is 27.2 Å². The second kappa shape index (κ2) is 10.3. The van der Waals surface area contributed by atoms with Crippen molar-refractivity contribution in [3.63, 3.8) is 0 Å². The number of nitrogens with zero attached hydrogens (tertiary/aromatic N) is 4. The van der Waals surface area contributed by atoms with E-state index in [1.54, 1.807) is 0 Å². The summed E-state index contributed by atoms with van der Waals surface area (Å²) in [7, 11) is 1.85. The first-order valence-electron chi connectivity index (χ1n) is 7.97. The molecule has 1 unspecified atom stereocenters. The minimum absolute atomic E-state index is 0.540. The van der Waals surface area contributed by atoms with Gasteiger partial charge in [0.25, 0.3) is 0 Å². The van der Waals surface area contributed by atoms with E-state index in [9.17, 15) is 31.1 Å². The molecule has 0 aromatic carbocycles. The minimum atomic E-state index is -4.87. The fraction of sp³-hybridized carbons (Fsp3) is 0.733. The van der Waals surface area contributed by atoms with Crippen molar-refractivity contribution in [3.8, 4) is 0 Å². The number of aliphatic imine (C=N–C) groups is 3. The standard InChI is InChI=1S/C15H23F6N5O3/c1-13(2,3)29-12(27)25-9(26(6)10(22-4)15(19,20)21)7-24-11(23-5)28-8-14(16,17)18/h9H,5,7-8H2,1-4,6H3,(H,25,27). The third-order valence-corrected chi connectivity index (χ3v) is 2.85. The quantitative estimate of drug-likeness (QED) is 0.311. The molecule has 0 aromatic heterocycles. The maximum atomic E-state index is 13.1. The zero-order valence-corrected chi connectivity index (χ0v) is 16.5. The van der Waals surface area contributed by atoms with Crippen molar-refractivity contribution in [1.82, 2.24) is 10.2 Å². The number of alkyl carbamates (subject to hydrolysis) is 1. The van der Waals surface area contributed by atoms with E-state index >= 15 is 0 Å². The van der Waals surface area contributed by atoms with Gasteiger partial charge in [0.2, 0.25) is 5.84 Å². The summed E-state index contributed by atoms with van der Waals surface area (Å²) in [5.41, 5.74) is -0.953. The summed E-state index contributed by atoms with van der Waals surface area (Å²) in [6.45, 7) is 5.18. The van der Waals surface area contributed by atoms with Crippen molar-refractivity contribution < 1.29 is 40.6 Å². The number of alkyl halides is 6. The van der Waals surface area contributed by atoms with E-state index < -0.39 is 55.2 Å². The van der Waals surface area contributed by atoms with Gasteiger partial charge < -0.3 is 14.4 Å². The Bertz CT molecular complexity index is 625. The van der Waals surface area contributed by atoms with Crippen molar-refractivity contribution >= 4 is 24.7 Å². The van der Waals surface area contributed by atoms with Gasteiger partial charge in [-0.2, -0.15) is 26.3 Å². The highest BCUT2D eigenvalue weighted by molar-refractivity contribution is 5.88. The highest BCUT2D eigenvalue weighted by Gasteiger charge is 2.41. The number of carbonyl (C=O) groups excluding carboxylic acids is 1. The average molecular weight is 435 g/mol. The zero-order chi connectivity index (χ0) is 23.0. The molecule has 0 saturated carbocycles. The number of likely N-dealkylation sites (N-methyl/N-ethyl adjacent to an activating group) is 1. The van der Waals surface area contributed by atoms with Crippen molar-refractivity contribution in [2.45, 2.75) is 44.9 Å². The molecular formula is C15H23F6N5O3. The monoisotopic (exact) mass is 435 g/mol. The van der Waals surface area contributed by atoms with Crippen LogP contribution < -0.4 is 5.32 Å². The minimum Gasteiger partial charge on any atom is -0.454 e. The number of carbonyl (C=O) groups is 1. The zero-order valence-electron chi connectivity index (χ0n) is 16.5. The molecule has 14 heteroatoms. The number of hydrogen-bond donors (Lipinski definition) is 1. The van der Waals surface area contributed by atoms with Gasteiger partial charge in [-0.1, -0.05) is 0 Å². The topological polar surface area (TPSA) is 87.9 Å². The molecule has 0 bridgehead atoms. The summed E-state index contributed by atoms with van der Waals surface area (Å²) >= 11 is 0. The largest absolute Gasteiger partial charge is 0.454 e. The number of amides is 1. The van der Waals surface area contributed by atoms with Crippen LogP contribution in [0.4, 0.5) is 31.1 Å². The molecule has 0 aliphatic rings. The van der Waals surface area contributed by atoms with Gasteiger partial charge in [-0.05, 0) is 27.5 Å². The molecule has 0 saturated heterocycles. The van der Waals surface area contributed by atoms with E-state index in [-0.39, 0.29) is 0 Å². The van der Waals surface area contributed by atoms with Crippen LogP contribution in [0.25, 0.3) is 0 Å². The van der Waals surface area contributed by atoms with E-state index in [2.05, 4.69) is 31.7 Å². The van der Waals surface area contributed by atoms with Gasteiger partial charge in [-0.25, -0.2) is 14.8 Å². The molecule has 0 aliphatic heterocycles. The maximum Gasteiger partial charge on any atom is 0.449 e. The summed E-state index contributed by atoms with van der Waals surface area (Å²) in [5, 5.41) is 2.15. The molecule has 1 atom stereocenters. The van der Waals surface area contributed by atoms with E-state index in [4.69, 9.17) is 4.74 Å².